The minimum Gasteiger partial charge on any atom is -0.437 e. The van der Waals surface area contributed by atoms with Crippen molar-refractivity contribution < 1.29 is 33.3 Å². The summed E-state index contributed by atoms with van der Waals surface area (Å²) in [6.07, 6.45) is 8.74. The fourth-order valence-corrected chi connectivity index (χ4v) is 4.23. The summed E-state index contributed by atoms with van der Waals surface area (Å²) in [5.74, 6) is -0.943. The maximum absolute atomic E-state index is 12.2. The van der Waals surface area contributed by atoms with Crippen LogP contribution in [0.2, 0.25) is 0 Å². The van der Waals surface area contributed by atoms with E-state index in [0.29, 0.717) is 31.8 Å². The smallest absolute Gasteiger partial charge is 0.437 e. The molecule has 0 N–H and O–H groups in total. The van der Waals surface area contributed by atoms with Gasteiger partial charge in [0.1, 0.15) is 5.76 Å². The van der Waals surface area contributed by atoms with Gasteiger partial charge in [0, 0.05) is 23.7 Å². The van der Waals surface area contributed by atoms with Crippen LogP contribution >= 0.6 is 0 Å². The first-order valence-corrected chi connectivity index (χ1v) is 9.11. The standard InChI is InChI=1S/C20H24N2O6/c1-18-6-4-5-16(28-17(24)25-3)9-14(18)10-19(2,11-15(23)12-22-21)20(13-18)26-7-8-27-20/h4-5,9-10,12H,6-8,11,13H2,1-3H3/t18-,19+/m1/s1. The van der Waals surface area contributed by atoms with Crippen LogP contribution in [0.5, 0.6) is 0 Å². The minimum atomic E-state index is -0.959. The number of ketones is 1. The van der Waals surface area contributed by atoms with E-state index in [-0.39, 0.29) is 17.6 Å². The molecule has 8 nitrogen and oxygen atoms in total. The van der Waals surface area contributed by atoms with Crippen LogP contribution in [0.15, 0.2) is 35.6 Å². The van der Waals surface area contributed by atoms with Crippen molar-refractivity contribution in [3.63, 3.8) is 0 Å². The maximum Gasteiger partial charge on any atom is 0.513 e. The largest absolute Gasteiger partial charge is 0.513 e. The summed E-state index contributed by atoms with van der Waals surface area (Å²) in [6.45, 7) is 4.87. The second-order valence-electron chi connectivity index (χ2n) is 7.80. The molecule has 1 spiro atoms. The van der Waals surface area contributed by atoms with E-state index in [0.717, 1.165) is 11.8 Å². The molecule has 0 aromatic rings. The number of nitrogens with zero attached hydrogens (tertiary/aromatic N) is 2. The molecular formula is C20H24N2O6. The number of Topliss-reactive ketones (excluding diaryl/α,β-unsaturated/α-hetero) is 1. The van der Waals surface area contributed by atoms with Gasteiger partial charge in [-0.25, -0.2) is 4.79 Å². The molecule has 0 saturated carbocycles. The van der Waals surface area contributed by atoms with Gasteiger partial charge in [0.25, 0.3) is 0 Å². The first-order valence-electron chi connectivity index (χ1n) is 9.11. The van der Waals surface area contributed by atoms with Gasteiger partial charge in [-0.3, -0.25) is 4.79 Å². The lowest BCUT2D eigenvalue weighted by Gasteiger charge is -2.51. The van der Waals surface area contributed by atoms with Gasteiger partial charge in [-0.2, -0.15) is 4.79 Å². The van der Waals surface area contributed by atoms with E-state index < -0.39 is 17.4 Å². The van der Waals surface area contributed by atoms with Crippen LogP contribution in [0, 0.1) is 10.8 Å². The Balaban J connectivity index is 2.06. The summed E-state index contributed by atoms with van der Waals surface area (Å²) in [7, 11) is 1.25. The van der Waals surface area contributed by atoms with Gasteiger partial charge < -0.3 is 24.5 Å². The summed E-state index contributed by atoms with van der Waals surface area (Å²) < 4.78 is 21.9. The molecule has 0 amide bonds. The highest BCUT2D eigenvalue weighted by Crippen LogP contribution is 2.57. The topological polar surface area (TPSA) is 107 Å². The quantitative estimate of drug-likeness (QED) is 0.317. The number of ether oxygens (including phenoxy) is 4. The third-order valence-corrected chi connectivity index (χ3v) is 5.68. The van der Waals surface area contributed by atoms with E-state index in [1.807, 2.05) is 19.1 Å². The van der Waals surface area contributed by atoms with Gasteiger partial charge in [0.2, 0.25) is 5.78 Å². The fraction of sp³-hybridized carbons (Fsp3) is 0.550. The molecule has 0 unspecified atom stereocenters. The molecule has 0 bridgehead atoms. The van der Waals surface area contributed by atoms with Gasteiger partial charge in [-0.05, 0) is 24.1 Å². The number of methoxy groups -OCH3 is 1. The number of carbonyl (C=O) groups is 2. The average Bonchev–Trinajstić information content (AvgIpc) is 3.03. The third kappa shape index (κ3) is 3.58. The van der Waals surface area contributed by atoms with Crippen molar-refractivity contribution in [3.05, 3.63) is 41.2 Å². The molecule has 28 heavy (non-hydrogen) atoms. The molecule has 0 aromatic heterocycles. The van der Waals surface area contributed by atoms with Crippen LogP contribution in [0.4, 0.5) is 4.79 Å². The van der Waals surface area contributed by atoms with Crippen molar-refractivity contribution in [1.29, 1.82) is 0 Å². The lowest BCUT2D eigenvalue weighted by molar-refractivity contribution is -0.240. The molecule has 150 valence electrons. The predicted octanol–water partition coefficient (Wildman–Crippen LogP) is 2.96. The van der Waals surface area contributed by atoms with Crippen LogP contribution in [0.25, 0.3) is 5.53 Å². The zero-order chi connectivity index (χ0) is 20.4. The zero-order valence-corrected chi connectivity index (χ0v) is 16.3. The molecule has 3 rings (SSSR count). The Labute approximate surface area is 163 Å². The van der Waals surface area contributed by atoms with E-state index in [4.69, 9.17) is 19.7 Å². The van der Waals surface area contributed by atoms with Crippen molar-refractivity contribution in [1.82, 2.24) is 0 Å². The molecule has 2 aliphatic carbocycles. The summed E-state index contributed by atoms with van der Waals surface area (Å²) in [5, 5.41) is 0. The lowest BCUT2D eigenvalue weighted by Crippen LogP contribution is -2.54. The number of hydrogen-bond donors (Lipinski definition) is 0. The molecule has 1 heterocycles. The van der Waals surface area contributed by atoms with E-state index >= 15 is 0 Å². The summed E-state index contributed by atoms with van der Waals surface area (Å²) in [5.41, 5.74) is 8.49. The van der Waals surface area contributed by atoms with Gasteiger partial charge in [0.05, 0.1) is 20.3 Å². The Hall–Kier alpha value is -2.54. The van der Waals surface area contributed by atoms with Crippen molar-refractivity contribution in [2.45, 2.75) is 38.9 Å². The maximum atomic E-state index is 12.2. The normalized spacial score (nSPS) is 30.4. The Morgan fingerprint density at radius 3 is 2.68 bits per heavy atom. The Bertz CT molecular complexity index is 817. The van der Waals surface area contributed by atoms with Crippen LogP contribution in [0.3, 0.4) is 0 Å². The Kier molecular flexibility index (Phi) is 5.39. The van der Waals surface area contributed by atoms with Crippen LogP contribution in [0.1, 0.15) is 33.1 Å². The lowest BCUT2D eigenvalue weighted by atomic mass is 9.60. The number of carbonyl (C=O) groups excluding carboxylic acids is 2. The van der Waals surface area contributed by atoms with E-state index in [1.165, 1.54) is 7.11 Å². The SMILES string of the molecule is COC(=O)OC1=CC2=C[C@@](C)(CC(=O)C=[N+]=[N-])C3(C[C@@]2(C)CC=C1)OCCO3. The Morgan fingerprint density at radius 2 is 2.04 bits per heavy atom. The Morgan fingerprint density at radius 1 is 1.32 bits per heavy atom. The predicted molar refractivity (Wildman–Crippen MR) is 98.2 cm³/mol. The molecule has 2 atom stereocenters. The molecular weight excluding hydrogens is 364 g/mol. The molecule has 1 aliphatic heterocycles. The average molecular weight is 388 g/mol. The number of allylic oxidation sites excluding steroid dienone is 4. The summed E-state index contributed by atoms with van der Waals surface area (Å²) in [6, 6.07) is 0. The second-order valence-corrected chi connectivity index (χ2v) is 7.80. The van der Waals surface area contributed by atoms with E-state index in [9.17, 15) is 9.59 Å². The van der Waals surface area contributed by atoms with Crippen molar-refractivity contribution >= 4 is 18.2 Å². The molecule has 1 saturated heterocycles. The van der Waals surface area contributed by atoms with E-state index in [1.54, 1.807) is 12.2 Å². The summed E-state index contributed by atoms with van der Waals surface area (Å²) in [4.78, 5) is 26.6. The number of hydrogen-bond acceptors (Lipinski definition) is 6. The highest BCUT2D eigenvalue weighted by Gasteiger charge is 2.59. The van der Waals surface area contributed by atoms with Crippen LogP contribution < -0.4 is 0 Å². The monoisotopic (exact) mass is 388 g/mol. The number of rotatable bonds is 4. The zero-order valence-electron chi connectivity index (χ0n) is 16.3. The second kappa shape index (κ2) is 7.47. The van der Waals surface area contributed by atoms with Gasteiger partial charge >= 0.3 is 12.4 Å². The summed E-state index contributed by atoms with van der Waals surface area (Å²) >= 11 is 0. The van der Waals surface area contributed by atoms with Gasteiger partial charge in [-0.15, -0.1) is 0 Å². The van der Waals surface area contributed by atoms with Gasteiger partial charge in [-0.1, -0.05) is 26.0 Å². The minimum absolute atomic E-state index is 0.0467. The van der Waals surface area contributed by atoms with Crippen molar-refractivity contribution in [3.8, 4) is 0 Å². The third-order valence-electron chi connectivity index (χ3n) is 5.68. The van der Waals surface area contributed by atoms with E-state index in [2.05, 4.69) is 16.5 Å². The highest BCUT2D eigenvalue weighted by atomic mass is 16.7. The van der Waals surface area contributed by atoms with Crippen molar-refractivity contribution in [2.24, 2.45) is 10.8 Å². The molecule has 1 fully saturated rings. The first kappa shape index (κ1) is 20.2. The molecule has 8 heteroatoms. The molecule has 0 radical (unpaired) electrons. The number of fused-ring (bicyclic) bond motifs is 1. The first-order chi connectivity index (χ1) is 13.3. The van der Waals surface area contributed by atoms with Crippen LogP contribution in [-0.4, -0.2) is 49.1 Å². The molecule has 0 aromatic carbocycles. The van der Waals surface area contributed by atoms with Gasteiger partial charge in [0.15, 0.2) is 5.79 Å². The molecule has 3 aliphatic rings. The van der Waals surface area contributed by atoms with Crippen molar-refractivity contribution in [2.75, 3.05) is 20.3 Å². The van der Waals surface area contributed by atoms with Crippen LogP contribution in [-0.2, 0) is 23.7 Å². The fourth-order valence-electron chi connectivity index (χ4n) is 4.23. The highest BCUT2D eigenvalue weighted by molar-refractivity contribution is 6.25.